The fourth-order valence-electron chi connectivity index (χ4n) is 4.62. The first kappa shape index (κ1) is 27.7. The van der Waals surface area contributed by atoms with Gasteiger partial charge in [0.2, 0.25) is 10.0 Å². The zero-order valence-corrected chi connectivity index (χ0v) is 20.7. The molecule has 1 aliphatic carbocycles. The molecule has 1 N–H and O–H groups in total. The van der Waals surface area contributed by atoms with Gasteiger partial charge in [-0.25, -0.2) is 8.42 Å². The van der Waals surface area contributed by atoms with Crippen LogP contribution in [0, 0.1) is 11.3 Å². The Morgan fingerprint density at radius 2 is 1.79 bits per heavy atom. The van der Waals surface area contributed by atoms with E-state index in [9.17, 15) is 40.0 Å². The van der Waals surface area contributed by atoms with E-state index in [1.807, 2.05) is 0 Å². The third-order valence-corrected chi connectivity index (χ3v) is 7.90. The highest BCUT2D eigenvalue weighted by molar-refractivity contribution is 7.89. The number of hydrogen-bond acceptors (Lipinski definition) is 5. The molecule has 2 aromatic heterocycles. The van der Waals surface area contributed by atoms with Crippen molar-refractivity contribution in [3.63, 3.8) is 0 Å². The lowest BCUT2D eigenvalue weighted by Crippen LogP contribution is -2.42. The molecule has 1 atom stereocenters. The van der Waals surface area contributed by atoms with Crippen molar-refractivity contribution in [3.8, 4) is 23.2 Å². The van der Waals surface area contributed by atoms with Crippen LogP contribution in [-0.2, 0) is 10.0 Å². The number of nitrogens with zero attached hydrogens (tertiary/aromatic N) is 3. The molecule has 3 aromatic rings. The summed E-state index contributed by atoms with van der Waals surface area (Å²) in [6.45, 7) is 0.665. The first-order valence-corrected chi connectivity index (χ1v) is 13.1. The number of pyridine rings is 1. The van der Waals surface area contributed by atoms with E-state index in [4.69, 9.17) is 0 Å². The minimum atomic E-state index is -4.92. The normalized spacial score (nSPS) is 16.4. The van der Waals surface area contributed by atoms with E-state index in [-0.39, 0.29) is 23.0 Å². The maximum atomic E-state index is 12.9. The summed E-state index contributed by atoms with van der Waals surface area (Å²) in [5, 5.41) is 10.4. The molecular formula is C24H22F6N4O3S. The Bertz CT molecular complexity index is 1470. The molecule has 1 saturated carbocycles. The third-order valence-electron chi connectivity index (χ3n) is 6.37. The molecule has 14 heteroatoms. The molecular weight excluding hydrogens is 538 g/mol. The molecule has 38 heavy (non-hydrogen) atoms. The van der Waals surface area contributed by atoms with Crippen LogP contribution in [0.2, 0.25) is 0 Å². The van der Waals surface area contributed by atoms with Gasteiger partial charge in [0, 0.05) is 23.7 Å². The molecule has 0 amide bonds. The molecule has 7 nitrogen and oxygen atoms in total. The second-order valence-corrected chi connectivity index (χ2v) is 10.7. The van der Waals surface area contributed by atoms with Crippen LogP contribution >= 0.6 is 0 Å². The molecule has 0 bridgehead atoms. The van der Waals surface area contributed by atoms with Crippen molar-refractivity contribution in [2.45, 2.75) is 68.5 Å². The summed E-state index contributed by atoms with van der Waals surface area (Å²) in [5.41, 5.74) is 0.865. The van der Waals surface area contributed by atoms with Gasteiger partial charge in [-0.05, 0) is 44.0 Å². The zero-order valence-electron chi connectivity index (χ0n) is 19.9. The molecule has 0 spiro atoms. The molecule has 2 heterocycles. The number of alkyl halides is 6. The smallest absolute Gasteiger partial charge is 0.406 e. The Balaban J connectivity index is 1.84. The maximum absolute atomic E-state index is 12.9. The quantitative estimate of drug-likeness (QED) is 0.362. The van der Waals surface area contributed by atoms with Crippen LogP contribution < -0.4 is 9.46 Å². The Kier molecular flexibility index (Phi) is 7.37. The second-order valence-electron chi connectivity index (χ2n) is 8.99. The van der Waals surface area contributed by atoms with Gasteiger partial charge in [0.05, 0.1) is 22.5 Å². The lowest BCUT2D eigenvalue weighted by atomic mass is 9.95. The lowest BCUT2D eigenvalue weighted by Gasteiger charge is -2.26. The highest BCUT2D eigenvalue weighted by atomic mass is 32.2. The maximum Gasteiger partial charge on any atom is 0.573 e. The van der Waals surface area contributed by atoms with Gasteiger partial charge in [-0.3, -0.25) is 4.98 Å². The van der Waals surface area contributed by atoms with Crippen LogP contribution in [0.25, 0.3) is 22.3 Å². The van der Waals surface area contributed by atoms with E-state index in [2.05, 4.69) is 15.8 Å². The molecule has 1 aliphatic rings. The van der Waals surface area contributed by atoms with Gasteiger partial charge in [0.15, 0.2) is 0 Å². The predicted molar refractivity (Wildman–Crippen MR) is 125 cm³/mol. The Morgan fingerprint density at radius 1 is 1.11 bits per heavy atom. The SMILES string of the molecule is C[C@@H](NS(=O)(=O)c1ccc(-c2c(C#N)c3ccc(OC(F)(F)F)cc3n2C2CCCCC2)nc1)C(F)(F)F. The number of nitrogens with one attached hydrogen (secondary N) is 1. The summed E-state index contributed by atoms with van der Waals surface area (Å²) in [5.74, 6) is -0.463. The first-order valence-electron chi connectivity index (χ1n) is 11.6. The molecule has 0 aliphatic heterocycles. The van der Waals surface area contributed by atoms with Crippen LogP contribution in [0.1, 0.15) is 50.6 Å². The van der Waals surface area contributed by atoms with E-state index < -0.39 is 39.2 Å². The fraction of sp³-hybridized carbons (Fsp3) is 0.417. The summed E-state index contributed by atoms with van der Waals surface area (Å²) in [6.07, 6.45) is -4.75. The zero-order chi connectivity index (χ0) is 27.9. The van der Waals surface area contributed by atoms with Gasteiger partial charge < -0.3 is 9.30 Å². The van der Waals surface area contributed by atoms with E-state index in [1.54, 1.807) is 9.29 Å². The van der Waals surface area contributed by atoms with Crippen molar-refractivity contribution in [3.05, 3.63) is 42.1 Å². The number of halogens is 6. The number of benzene rings is 1. The second kappa shape index (κ2) is 10.1. The minimum absolute atomic E-state index is 0.121. The number of aromatic nitrogens is 2. The molecule has 0 saturated heterocycles. The average Bonchev–Trinajstić information content (AvgIpc) is 3.16. The topological polar surface area (TPSA) is 97.0 Å². The largest absolute Gasteiger partial charge is 0.573 e. The van der Waals surface area contributed by atoms with Crippen LogP contribution in [0.4, 0.5) is 26.3 Å². The van der Waals surface area contributed by atoms with Crippen LogP contribution in [0.15, 0.2) is 41.4 Å². The van der Waals surface area contributed by atoms with Crippen molar-refractivity contribution >= 4 is 20.9 Å². The molecule has 0 radical (unpaired) electrons. The number of rotatable bonds is 6. The van der Waals surface area contributed by atoms with Gasteiger partial charge in [0.25, 0.3) is 0 Å². The minimum Gasteiger partial charge on any atom is -0.406 e. The standard InChI is InChI=1S/C24H22F6N4O3S/c1-14(23(25,26)27)33-38(35,36)17-8-10-20(32-13-17)22-19(12-31)18-9-7-16(37-24(28,29)30)11-21(18)34(22)15-5-3-2-4-6-15/h7-11,13-15,33H,2-6H2,1H3/t14-/m1/s1. The monoisotopic (exact) mass is 560 g/mol. The molecule has 0 unspecified atom stereocenters. The number of sulfonamides is 1. The number of nitriles is 1. The number of fused-ring (bicyclic) bond motifs is 1. The fourth-order valence-corrected chi connectivity index (χ4v) is 5.79. The van der Waals surface area contributed by atoms with E-state index >= 15 is 0 Å². The van der Waals surface area contributed by atoms with Gasteiger partial charge >= 0.3 is 12.5 Å². The van der Waals surface area contributed by atoms with Gasteiger partial charge in [-0.2, -0.15) is 23.2 Å². The Labute approximate surface area is 214 Å². The predicted octanol–water partition coefficient (Wildman–Crippen LogP) is 6.21. The van der Waals surface area contributed by atoms with Gasteiger partial charge in [-0.15, -0.1) is 13.2 Å². The molecule has 204 valence electrons. The van der Waals surface area contributed by atoms with Crippen LogP contribution in [0.3, 0.4) is 0 Å². The highest BCUT2D eigenvalue weighted by Gasteiger charge is 2.39. The van der Waals surface area contributed by atoms with Gasteiger partial charge in [0.1, 0.15) is 22.8 Å². The summed E-state index contributed by atoms with van der Waals surface area (Å²) in [4.78, 5) is 3.63. The van der Waals surface area contributed by atoms with Crippen LogP contribution in [-0.4, -0.2) is 36.5 Å². The summed E-state index contributed by atoms with van der Waals surface area (Å²) in [6, 6.07) is 5.53. The highest BCUT2D eigenvalue weighted by Crippen LogP contribution is 2.41. The molecule has 4 rings (SSSR count). The van der Waals surface area contributed by atoms with Crippen molar-refractivity contribution < 1.29 is 39.5 Å². The number of ether oxygens (including phenoxy) is 1. The van der Waals surface area contributed by atoms with Crippen molar-refractivity contribution in [2.75, 3.05) is 0 Å². The summed E-state index contributed by atoms with van der Waals surface area (Å²) < 4.78 is 109. The Hall–Kier alpha value is -3.31. The molecule has 1 fully saturated rings. The van der Waals surface area contributed by atoms with Crippen LogP contribution in [0.5, 0.6) is 5.75 Å². The van der Waals surface area contributed by atoms with E-state index in [0.717, 1.165) is 37.6 Å². The summed E-state index contributed by atoms with van der Waals surface area (Å²) >= 11 is 0. The number of hydrogen-bond donors (Lipinski definition) is 1. The van der Waals surface area contributed by atoms with Crippen molar-refractivity contribution in [2.24, 2.45) is 0 Å². The Morgan fingerprint density at radius 3 is 2.34 bits per heavy atom. The first-order chi connectivity index (χ1) is 17.7. The van der Waals surface area contributed by atoms with E-state index in [0.29, 0.717) is 30.7 Å². The van der Waals surface area contributed by atoms with Gasteiger partial charge in [-0.1, -0.05) is 19.3 Å². The van der Waals surface area contributed by atoms with E-state index in [1.165, 1.54) is 18.2 Å². The third kappa shape index (κ3) is 5.73. The van der Waals surface area contributed by atoms with Crippen molar-refractivity contribution in [1.29, 1.82) is 5.26 Å². The lowest BCUT2D eigenvalue weighted by molar-refractivity contribution is -0.274. The summed E-state index contributed by atoms with van der Waals surface area (Å²) in [7, 11) is -4.56. The average molecular weight is 561 g/mol. The van der Waals surface area contributed by atoms with Crippen molar-refractivity contribution in [1.82, 2.24) is 14.3 Å². The molecule has 1 aromatic carbocycles.